The summed E-state index contributed by atoms with van der Waals surface area (Å²) in [5.74, 6) is 0. The van der Waals surface area contributed by atoms with Crippen molar-refractivity contribution in [1.82, 2.24) is 0 Å². The van der Waals surface area contributed by atoms with Crippen molar-refractivity contribution < 1.29 is 4.42 Å². The summed E-state index contributed by atoms with van der Waals surface area (Å²) in [6.45, 7) is 0. The third-order valence-electron chi connectivity index (χ3n) is 11.4. The molecule has 0 spiro atoms. The molecule has 2 heteroatoms. The van der Waals surface area contributed by atoms with E-state index in [-0.39, 0.29) is 0 Å². The highest BCUT2D eigenvalue weighted by atomic mass is 32.1. The minimum Gasteiger partial charge on any atom is -0.456 e. The summed E-state index contributed by atoms with van der Waals surface area (Å²) < 4.78 is 9.25. The molecule has 0 aliphatic carbocycles. The number of benzene rings is 10. The van der Waals surface area contributed by atoms with Crippen LogP contribution in [0.2, 0.25) is 0 Å². The first-order chi connectivity index (χ1) is 26.8. The van der Waals surface area contributed by atoms with Crippen LogP contribution in [0, 0.1) is 0 Å². The zero-order valence-electron chi connectivity index (χ0n) is 29.1. The SMILES string of the molecule is c1ccc(-c2cccc3c(-c4cccc5c(-c6ccc7oc8cc9c(ccc%10sc%11ccccc%11c%109)cc8c7c6)c6ccccc6cc45)cccc23)cc1. The van der Waals surface area contributed by atoms with Crippen molar-refractivity contribution in [3.8, 4) is 33.4 Å². The van der Waals surface area contributed by atoms with Crippen molar-refractivity contribution in [3.05, 3.63) is 182 Å². The summed E-state index contributed by atoms with van der Waals surface area (Å²) in [5.41, 5.74) is 9.24. The maximum absolute atomic E-state index is 6.63. The molecule has 0 atom stereocenters. The van der Waals surface area contributed by atoms with Crippen molar-refractivity contribution in [2.75, 3.05) is 0 Å². The number of hydrogen-bond acceptors (Lipinski definition) is 2. The van der Waals surface area contributed by atoms with Crippen LogP contribution in [0.15, 0.2) is 186 Å². The fourth-order valence-corrected chi connectivity index (χ4v) is 10.1. The molecular weight excluding hydrogens is 673 g/mol. The Labute approximate surface area is 314 Å². The lowest BCUT2D eigenvalue weighted by Crippen LogP contribution is -1.90. The minimum atomic E-state index is 0.908. The van der Waals surface area contributed by atoms with Crippen LogP contribution in [0.3, 0.4) is 0 Å². The second-order valence-electron chi connectivity index (χ2n) is 14.4. The third-order valence-corrected chi connectivity index (χ3v) is 12.6. The van der Waals surface area contributed by atoms with Gasteiger partial charge in [-0.25, -0.2) is 0 Å². The molecule has 0 fully saturated rings. The van der Waals surface area contributed by atoms with Crippen LogP contribution >= 0.6 is 11.3 Å². The standard InChI is InChI=1S/C52H30OS/c1-2-11-31(12-3-1)35-16-8-18-38-37(35)17-9-19-39(38)40-20-10-21-41-44(40)27-32-13-4-5-14-36(32)51(41)34-23-25-47-45(29-34)46-28-33-24-26-50-52(43(33)30-48(46)53-47)42-15-6-7-22-49(42)54-50/h1-30H. The monoisotopic (exact) mass is 702 g/mol. The van der Waals surface area contributed by atoms with Gasteiger partial charge in [-0.05, 0) is 119 Å². The van der Waals surface area contributed by atoms with Gasteiger partial charge in [-0.2, -0.15) is 0 Å². The van der Waals surface area contributed by atoms with Gasteiger partial charge in [0.1, 0.15) is 11.2 Å². The van der Waals surface area contributed by atoms with Crippen LogP contribution in [-0.2, 0) is 0 Å². The van der Waals surface area contributed by atoms with E-state index in [4.69, 9.17) is 4.42 Å². The maximum Gasteiger partial charge on any atom is 0.136 e. The molecule has 0 radical (unpaired) electrons. The third kappa shape index (κ3) is 4.32. The van der Waals surface area contributed by atoms with Crippen molar-refractivity contribution in [3.63, 3.8) is 0 Å². The van der Waals surface area contributed by atoms with Crippen LogP contribution in [0.5, 0.6) is 0 Å². The van der Waals surface area contributed by atoms with Crippen LogP contribution in [-0.4, -0.2) is 0 Å². The van der Waals surface area contributed by atoms with Gasteiger partial charge in [-0.1, -0.05) is 140 Å². The maximum atomic E-state index is 6.63. The molecule has 12 aromatic rings. The normalized spacial score (nSPS) is 12.1. The molecule has 12 rings (SSSR count). The highest BCUT2D eigenvalue weighted by Gasteiger charge is 2.18. The van der Waals surface area contributed by atoms with Gasteiger partial charge < -0.3 is 4.42 Å². The molecule has 0 saturated heterocycles. The molecule has 1 nitrogen and oxygen atoms in total. The van der Waals surface area contributed by atoms with Crippen LogP contribution < -0.4 is 0 Å². The molecule has 250 valence electrons. The number of fused-ring (bicyclic) bond motifs is 11. The molecule has 10 aromatic carbocycles. The van der Waals surface area contributed by atoms with E-state index in [1.165, 1.54) is 96.6 Å². The van der Waals surface area contributed by atoms with Crippen molar-refractivity contribution >= 4 is 96.5 Å². The molecule has 54 heavy (non-hydrogen) atoms. The lowest BCUT2D eigenvalue weighted by atomic mass is 9.86. The van der Waals surface area contributed by atoms with Crippen molar-refractivity contribution in [1.29, 1.82) is 0 Å². The summed E-state index contributed by atoms with van der Waals surface area (Å²) in [5, 5.41) is 14.9. The lowest BCUT2D eigenvalue weighted by molar-refractivity contribution is 0.669. The highest BCUT2D eigenvalue weighted by molar-refractivity contribution is 7.26. The van der Waals surface area contributed by atoms with E-state index in [2.05, 4.69) is 182 Å². The van der Waals surface area contributed by atoms with Crippen LogP contribution in [0.4, 0.5) is 0 Å². The first-order valence-electron chi connectivity index (χ1n) is 18.5. The zero-order valence-corrected chi connectivity index (χ0v) is 30.0. The fourth-order valence-electron chi connectivity index (χ4n) is 9.02. The molecule has 0 unspecified atom stereocenters. The molecule has 0 amide bonds. The van der Waals surface area contributed by atoms with Gasteiger partial charge in [0.25, 0.3) is 0 Å². The Morgan fingerprint density at radius 3 is 1.83 bits per heavy atom. The lowest BCUT2D eigenvalue weighted by Gasteiger charge is -2.17. The highest BCUT2D eigenvalue weighted by Crippen LogP contribution is 2.45. The number of furan rings is 1. The van der Waals surface area contributed by atoms with E-state index >= 15 is 0 Å². The predicted octanol–water partition coefficient (Wildman–Crippen LogP) is 15.6. The van der Waals surface area contributed by atoms with E-state index in [1.807, 2.05) is 11.3 Å². The Morgan fingerprint density at radius 2 is 0.963 bits per heavy atom. The second kappa shape index (κ2) is 11.4. The quantitative estimate of drug-likeness (QED) is 0.167. The van der Waals surface area contributed by atoms with E-state index in [0.29, 0.717) is 0 Å². The molecule has 0 saturated carbocycles. The van der Waals surface area contributed by atoms with Gasteiger partial charge in [-0.3, -0.25) is 0 Å². The van der Waals surface area contributed by atoms with Gasteiger partial charge in [0.15, 0.2) is 0 Å². The van der Waals surface area contributed by atoms with Gasteiger partial charge in [0.2, 0.25) is 0 Å². The average molecular weight is 703 g/mol. The van der Waals surface area contributed by atoms with Crippen molar-refractivity contribution in [2.24, 2.45) is 0 Å². The summed E-state index contributed by atoms with van der Waals surface area (Å²) in [7, 11) is 0. The van der Waals surface area contributed by atoms with Gasteiger partial charge >= 0.3 is 0 Å². The average Bonchev–Trinajstić information content (AvgIpc) is 3.79. The minimum absolute atomic E-state index is 0.908. The fraction of sp³-hybridized carbons (Fsp3) is 0. The van der Waals surface area contributed by atoms with E-state index in [9.17, 15) is 0 Å². The molecule has 0 aliphatic rings. The van der Waals surface area contributed by atoms with Crippen LogP contribution in [0.25, 0.3) is 119 Å². The Morgan fingerprint density at radius 1 is 0.315 bits per heavy atom. The summed E-state index contributed by atoms with van der Waals surface area (Å²) >= 11 is 1.86. The Balaban J connectivity index is 1.09. The Kier molecular flexibility index (Phi) is 6.28. The van der Waals surface area contributed by atoms with E-state index in [0.717, 1.165) is 21.9 Å². The zero-order chi connectivity index (χ0) is 35.3. The molecule has 2 aromatic heterocycles. The smallest absolute Gasteiger partial charge is 0.136 e. The van der Waals surface area contributed by atoms with E-state index < -0.39 is 0 Å². The number of hydrogen-bond donors (Lipinski definition) is 0. The van der Waals surface area contributed by atoms with Crippen molar-refractivity contribution in [2.45, 2.75) is 0 Å². The molecule has 0 aliphatic heterocycles. The topological polar surface area (TPSA) is 13.1 Å². The summed E-state index contributed by atoms with van der Waals surface area (Å²) in [6, 6.07) is 66.8. The first kappa shape index (κ1) is 29.8. The van der Waals surface area contributed by atoms with Gasteiger partial charge in [-0.15, -0.1) is 11.3 Å². The first-order valence-corrected chi connectivity index (χ1v) is 19.3. The Hall–Kier alpha value is -6.74. The molecule has 0 bridgehead atoms. The number of thiophene rings is 1. The van der Waals surface area contributed by atoms with Gasteiger partial charge in [0.05, 0.1) is 0 Å². The van der Waals surface area contributed by atoms with E-state index in [1.54, 1.807) is 0 Å². The second-order valence-corrected chi connectivity index (χ2v) is 15.4. The van der Waals surface area contributed by atoms with Gasteiger partial charge in [0, 0.05) is 30.9 Å². The predicted molar refractivity (Wildman–Crippen MR) is 233 cm³/mol. The number of rotatable bonds is 3. The molecule has 0 N–H and O–H groups in total. The molecule has 2 heterocycles. The molecular formula is C52H30OS. The van der Waals surface area contributed by atoms with Crippen LogP contribution in [0.1, 0.15) is 0 Å². The largest absolute Gasteiger partial charge is 0.456 e. The Bertz CT molecular complexity index is 3490. The summed E-state index contributed by atoms with van der Waals surface area (Å²) in [6.07, 6.45) is 0. The summed E-state index contributed by atoms with van der Waals surface area (Å²) in [4.78, 5) is 0.